The quantitative estimate of drug-likeness (QED) is 0.473. The van der Waals surface area contributed by atoms with Crippen LogP contribution in [-0.2, 0) is 4.79 Å². The lowest BCUT2D eigenvalue weighted by molar-refractivity contribution is -0.121. The molecule has 6 nitrogen and oxygen atoms in total. The number of hydrogen-bond acceptors (Lipinski definition) is 5. The van der Waals surface area contributed by atoms with Crippen molar-refractivity contribution in [2.24, 2.45) is 5.92 Å². The molecule has 0 fully saturated rings. The van der Waals surface area contributed by atoms with Crippen LogP contribution in [0.15, 0.2) is 58.4 Å². The van der Waals surface area contributed by atoms with Gasteiger partial charge >= 0.3 is 0 Å². The predicted octanol–water partition coefficient (Wildman–Crippen LogP) is 5.22. The summed E-state index contributed by atoms with van der Waals surface area (Å²) in [6, 6.07) is 13.5. The molecular formula is C23H20BrN3O3S. The SMILES string of the molecule is CC[C@H](C)[C@H](C(=O)Nc1nc(-c2ccc(Br)cc2)cs1)N1C(=O)c2ccccc2C1=O. The number of amides is 3. The summed E-state index contributed by atoms with van der Waals surface area (Å²) in [7, 11) is 0. The van der Waals surface area contributed by atoms with Gasteiger partial charge in [0.25, 0.3) is 11.8 Å². The number of aromatic nitrogens is 1. The molecule has 31 heavy (non-hydrogen) atoms. The van der Waals surface area contributed by atoms with Gasteiger partial charge in [-0.2, -0.15) is 0 Å². The predicted molar refractivity (Wildman–Crippen MR) is 124 cm³/mol. The summed E-state index contributed by atoms with van der Waals surface area (Å²) < 4.78 is 0.970. The molecule has 8 heteroatoms. The molecule has 3 aromatic rings. The molecule has 2 atom stereocenters. The lowest BCUT2D eigenvalue weighted by Crippen LogP contribution is -2.50. The third kappa shape index (κ3) is 4.05. The number of hydrogen-bond donors (Lipinski definition) is 1. The highest BCUT2D eigenvalue weighted by Crippen LogP contribution is 2.30. The molecule has 2 aromatic carbocycles. The maximum atomic E-state index is 13.2. The molecule has 0 saturated carbocycles. The van der Waals surface area contributed by atoms with E-state index in [1.54, 1.807) is 24.3 Å². The Labute approximate surface area is 192 Å². The minimum absolute atomic E-state index is 0.215. The number of carbonyl (C=O) groups excluding carboxylic acids is 3. The van der Waals surface area contributed by atoms with Crippen molar-refractivity contribution in [3.05, 3.63) is 69.5 Å². The highest BCUT2D eigenvalue weighted by atomic mass is 79.9. The maximum absolute atomic E-state index is 13.2. The zero-order valence-corrected chi connectivity index (χ0v) is 19.4. The second-order valence-corrected chi connectivity index (χ2v) is 9.16. The molecule has 1 aromatic heterocycles. The van der Waals surface area contributed by atoms with Crippen molar-refractivity contribution in [2.75, 3.05) is 5.32 Å². The first-order valence-corrected chi connectivity index (χ1v) is 11.6. The molecule has 2 heterocycles. The van der Waals surface area contributed by atoms with Crippen LogP contribution in [0.4, 0.5) is 5.13 Å². The zero-order chi connectivity index (χ0) is 22.1. The molecule has 0 spiro atoms. The van der Waals surface area contributed by atoms with E-state index < -0.39 is 23.8 Å². The highest BCUT2D eigenvalue weighted by Gasteiger charge is 2.44. The van der Waals surface area contributed by atoms with E-state index in [9.17, 15) is 14.4 Å². The molecule has 1 aliphatic rings. The van der Waals surface area contributed by atoms with Gasteiger partial charge < -0.3 is 5.32 Å². The van der Waals surface area contributed by atoms with Crippen molar-refractivity contribution in [1.29, 1.82) is 0 Å². The fourth-order valence-corrected chi connectivity index (χ4v) is 4.56. The van der Waals surface area contributed by atoms with Crippen molar-refractivity contribution in [3.8, 4) is 11.3 Å². The number of nitrogens with zero attached hydrogens (tertiary/aromatic N) is 2. The monoisotopic (exact) mass is 497 g/mol. The largest absolute Gasteiger partial charge is 0.300 e. The van der Waals surface area contributed by atoms with E-state index in [0.29, 0.717) is 22.7 Å². The van der Waals surface area contributed by atoms with E-state index in [2.05, 4.69) is 26.2 Å². The van der Waals surface area contributed by atoms with Gasteiger partial charge in [-0.25, -0.2) is 4.98 Å². The number of anilines is 1. The van der Waals surface area contributed by atoms with Crippen LogP contribution in [0.3, 0.4) is 0 Å². The molecule has 0 bridgehead atoms. The van der Waals surface area contributed by atoms with Crippen LogP contribution in [0.2, 0.25) is 0 Å². The van der Waals surface area contributed by atoms with E-state index in [1.165, 1.54) is 11.3 Å². The maximum Gasteiger partial charge on any atom is 0.262 e. The Morgan fingerprint density at radius 1 is 1.10 bits per heavy atom. The lowest BCUT2D eigenvalue weighted by Gasteiger charge is -2.29. The number of nitrogens with one attached hydrogen (secondary N) is 1. The number of halogens is 1. The summed E-state index contributed by atoms with van der Waals surface area (Å²) in [6.45, 7) is 3.79. The van der Waals surface area contributed by atoms with E-state index >= 15 is 0 Å². The van der Waals surface area contributed by atoms with Crippen LogP contribution in [-0.4, -0.2) is 33.6 Å². The number of fused-ring (bicyclic) bond motifs is 1. The second kappa shape index (κ2) is 8.72. The number of rotatable bonds is 6. The third-order valence-electron chi connectivity index (χ3n) is 5.43. The van der Waals surface area contributed by atoms with E-state index in [4.69, 9.17) is 0 Å². The molecule has 0 unspecified atom stereocenters. The molecule has 158 valence electrons. The number of benzene rings is 2. The van der Waals surface area contributed by atoms with Gasteiger partial charge in [-0.05, 0) is 30.2 Å². The third-order valence-corrected chi connectivity index (χ3v) is 6.72. The van der Waals surface area contributed by atoms with Gasteiger partial charge in [0.1, 0.15) is 6.04 Å². The van der Waals surface area contributed by atoms with Crippen LogP contribution in [0.5, 0.6) is 0 Å². The molecule has 3 amide bonds. The van der Waals surface area contributed by atoms with Crippen molar-refractivity contribution in [2.45, 2.75) is 26.3 Å². The minimum atomic E-state index is -0.919. The Hall–Kier alpha value is -2.84. The van der Waals surface area contributed by atoms with Crippen LogP contribution in [0.1, 0.15) is 41.0 Å². The Morgan fingerprint density at radius 2 is 1.71 bits per heavy atom. The molecule has 0 saturated heterocycles. The average molecular weight is 498 g/mol. The standard InChI is InChI=1S/C23H20BrN3O3S/c1-3-13(2)19(27-21(29)16-6-4-5-7-17(16)22(27)30)20(28)26-23-25-18(12-31-23)14-8-10-15(24)11-9-14/h4-13,19H,3H2,1-2H3,(H,25,26,28)/t13-,19+/m0/s1. The molecule has 0 radical (unpaired) electrons. The van der Waals surface area contributed by atoms with Crippen molar-refractivity contribution in [1.82, 2.24) is 9.88 Å². The summed E-state index contributed by atoms with van der Waals surface area (Å²) in [6.07, 6.45) is 0.632. The van der Waals surface area contributed by atoms with Gasteiger partial charge in [0.05, 0.1) is 16.8 Å². The number of thiazole rings is 1. The summed E-state index contributed by atoms with van der Waals surface area (Å²) in [5.41, 5.74) is 2.34. The van der Waals surface area contributed by atoms with Crippen LogP contribution < -0.4 is 5.32 Å². The Balaban J connectivity index is 1.59. The smallest absolute Gasteiger partial charge is 0.262 e. The van der Waals surface area contributed by atoms with Crippen molar-refractivity contribution < 1.29 is 14.4 Å². The van der Waals surface area contributed by atoms with E-state index in [1.807, 2.05) is 43.5 Å². The van der Waals surface area contributed by atoms with Crippen molar-refractivity contribution in [3.63, 3.8) is 0 Å². The zero-order valence-electron chi connectivity index (χ0n) is 17.0. The summed E-state index contributed by atoms with van der Waals surface area (Å²) in [4.78, 5) is 44.7. The van der Waals surface area contributed by atoms with Crippen LogP contribution >= 0.6 is 27.3 Å². The van der Waals surface area contributed by atoms with Gasteiger partial charge in [-0.3, -0.25) is 19.3 Å². The summed E-state index contributed by atoms with van der Waals surface area (Å²) >= 11 is 4.71. The van der Waals surface area contributed by atoms with Gasteiger partial charge in [0, 0.05) is 15.4 Å². The highest BCUT2D eigenvalue weighted by molar-refractivity contribution is 9.10. The fourth-order valence-electron chi connectivity index (χ4n) is 3.58. The first-order valence-electron chi connectivity index (χ1n) is 9.90. The Bertz CT molecular complexity index is 1120. The topological polar surface area (TPSA) is 79.4 Å². The van der Waals surface area contributed by atoms with E-state index in [0.717, 1.165) is 20.6 Å². The Kier molecular flexibility index (Phi) is 6.02. The van der Waals surface area contributed by atoms with Crippen LogP contribution in [0.25, 0.3) is 11.3 Å². The number of carbonyl (C=O) groups is 3. The Morgan fingerprint density at radius 3 is 2.29 bits per heavy atom. The molecular weight excluding hydrogens is 478 g/mol. The average Bonchev–Trinajstić information content (AvgIpc) is 3.33. The van der Waals surface area contributed by atoms with Crippen LogP contribution in [0, 0.1) is 5.92 Å². The van der Waals surface area contributed by atoms with Gasteiger partial charge in [0.2, 0.25) is 5.91 Å². The van der Waals surface area contributed by atoms with E-state index in [-0.39, 0.29) is 5.92 Å². The van der Waals surface area contributed by atoms with Gasteiger partial charge in [0.15, 0.2) is 5.13 Å². The van der Waals surface area contributed by atoms with Gasteiger partial charge in [-0.1, -0.05) is 60.5 Å². The first-order chi connectivity index (χ1) is 14.9. The van der Waals surface area contributed by atoms with Gasteiger partial charge in [-0.15, -0.1) is 11.3 Å². The summed E-state index contributed by atoms with van der Waals surface area (Å²) in [5.74, 6) is -1.50. The van der Waals surface area contributed by atoms with Crippen molar-refractivity contribution >= 4 is 50.1 Å². The molecule has 0 aliphatic carbocycles. The lowest BCUT2D eigenvalue weighted by atomic mass is 9.96. The number of imide groups is 1. The molecule has 1 N–H and O–H groups in total. The molecule has 1 aliphatic heterocycles. The molecule has 4 rings (SSSR count). The fraction of sp³-hybridized carbons (Fsp3) is 0.217. The second-order valence-electron chi connectivity index (χ2n) is 7.39. The first kappa shape index (κ1) is 21.4. The normalized spacial score (nSPS) is 15.0. The minimum Gasteiger partial charge on any atom is -0.300 e. The summed E-state index contributed by atoms with van der Waals surface area (Å²) in [5, 5.41) is 5.10.